The van der Waals surface area contributed by atoms with Crippen LogP contribution in [0, 0.1) is 5.92 Å². The van der Waals surface area contributed by atoms with Crippen molar-refractivity contribution < 1.29 is 14.3 Å². The van der Waals surface area contributed by atoms with Crippen LogP contribution in [0.4, 0.5) is 0 Å². The lowest BCUT2D eigenvalue weighted by molar-refractivity contribution is -0.139. The number of nitrogens with zero attached hydrogens (tertiary/aromatic N) is 1. The smallest absolute Gasteiger partial charge is 0.229 e. The second-order valence-electron chi connectivity index (χ2n) is 5.77. The number of amides is 1. The summed E-state index contributed by atoms with van der Waals surface area (Å²) in [6.45, 7) is 5.07. The molecule has 1 aromatic carbocycles. The first-order valence-electron chi connectivity index (χ1n) is 7.50. The third kappa shape index (κ3) is 3.31. The SMILES string of the molecule is COc1ccc2c(c1)CC(C(=O)N1CCNC[C@@H]1C)CO2.Cl. The van der Waals surface area contributed by atoms with E-state index in [0.29, 0.717) is 6.61 Å². The molecule has 0 bridgehead atoms. The van der Waals surface area contributed by atoms with Gasteiger partial charge in [-0.3, -0.25) is 4.79 Å². The number of carbonyl (C=O) groups is 1. The summed E-state index contributed by atoms with van der Waals surface area (Å²) >= 11 is 0. The van der Waals surface area contributed by atoms with Crippen molar-refractivity contribution in [1.29, 1.82) is 0 Å². The molecule has 1 N–H and O–H groups in total. The summed E-state index contributed by atoms with van der Waals surface area (Å²) < 4.78 is 11.0. The van der Waals surface area contributed by atoms with Gasteiger partial charge in [-0.25, -0.2) is 0 Å². The third-order valence-corrected chi connectivity index (χ3v) is 4.31. The number of piperazine rings is 1. The van der Waals surface area contributed by atoms with Crippen LogP contribution in [0.15, 0.2) is 18.2 Å². The van der Waals surface area contributed by atoms with Crippen LogP contribution in [0.25, 0.3) is 0 Å². The molecular formula is C16H23ClN2O3. The minimum atomic E-state index is -0.0924. The highest BCUT2D eigenvalue weighted by molar-refractivity contribution is 5.85. The summed E-state index contributed by atoms with van der Waals surface area (Å²) in [6.07, 6.45) is 0.724. The largest absolute Gasteiger partial charge is 0.497 e. The van der Waals surface area contributed by atoms with E-state index in [2.05, 4.69) is 12.2 Å². The van der Waals surface area contributed by atoms with Crippen LogP contribution in [-0.4, -0.2) is 50.2 Å². The number of fused-ring (bicyclic) bond motifs is 1. The third-order valence-electron chi connectivity index (χ3n) is 4.31. The van der Waals surface area contributed by atoms with E-state index in [9.17, 15) is 4.79 Å². The van der Waals surface area contributed by atoms with E-state index in [-0.39, 0.29) is 30.3 Å². The average molecular weight is 327 g/mol. The van der Waals surface area contributed by atoms with E-state index < -0.39 is 0 Å². The van der Waals surface area contributed by atoms with Crippen molar-refractivity contribution >= 4 is 18.3 Å². The van der Waals surface area contributed by atoms with Crippen molar-refractivity contribution in [2.75, 3.05) is 33.4 Å². The van der Waals surface area contributed by atoms with Crippen molar-refractivity contribution in [3.63, 3.8) is 0 Å². The van der Waals surface area contributed by atoms with Crippen LogP contribution in [0.1, 0.15) is 12.5 Å². The van der Waals surface area contributed by atoms with E-state index in [4.69, 9.17) is 9.47 Å². The van der Waals surface area contributed by atoms with Gasteiger partial charge in [-0.2, -0.15) is 0 Å². The van der Waals surface area contributed by atoms with Crippen molar-refractivity contribution in [2.24, 2.45) is 5.92 Å². The van der Waals surface area contributed by atoms with Gasteiger partial charge in [-0.15, -0.1) is 12.4 Å². The second-order valence-corrected chi connectivity index (χ2v) is 5.77. The molecule has 2 aliphatic rings. The molecule has 0 spiro atoms. The van der Waals surface area contributed by atoms with Crippen LogP contribution < -0.4 is 14.8 Å². The minimum absolute atomic E-state index is 0. The fraction of sp³-hybridized carbons (Fsp3) is 0.562. The Kier molecular flexibility index (Phi) is 5.53. The van der Waals surface area contributed by atoms with Gasteiger partial charge in [0.15, 0.2) is 0 Å². The molecule has 5 nitrogen and oxygen atoms in total. The highest BCUT2D eigenvalue weighted by Gasteiger charge is 2.32. The summed E-state index contributed by atoms with van der Waals surface area (Å²) in [5.41, 5.74) is 1.06. The Morgan fingerprint density at radius 1 is 1.45 bits per heavy atom. The van der Waals surface area contributed by atoms with Crippen molar-refractivity contribution in [3.05, 3.63) is 23.8 Å². The molecule has 1 unspecified atom stereocenters. The molecule has 2 aliphatic heterocycles. The lowest BCUT2D eigenvalue weighted by atomic mass is 9.94. The van der Waals surface area contributed by atoms with Gasteiger partial charge in [0, 0.05) is 25.7 Å². The topological polar surface area (TPSA) is 50.8 Å². The molecule has 1 fully saturated rings. The Bertz CT molecular complexity index is 538. The Hall–Kier alpha value is -1.46. The van der Waals surface area contributed by atoms with Crippen LogP contribution in [0.3, 0.4) is 0 Å². The van der Waals surface area contributed by atoms with Crippen LogP contribution in [0.5, 0.6) is 11.5 Å². The number of benzene rings is 1. The summed E-state index contributed by atoms with van der Waals surface area (Å²) in [6, 6.07) is 6.02. The molecule has 0 saturated carbocycles. The van der Waals surface area contributed by atoms with Gasteiger partial charge in [0.2, 0.25) is 5.91 Å². The molecule has 1 amide bonds. The molecule has 1 aromatic rings. The first-order valence-corrected chi connectivity index (χ1v) is 7.50. The first kappa shape index (κ1) is 16.9. The lowest BCUT2D eigenvalue weighted by Crippen LogP contribution is -2.54. The number of ether oxygens (including phenoxy) is 2. The van der Waals surface area contributed by atoms with Gasteiger partial charge in [0.1, 0.15) is 18.1 Å². The van der Waals surface area contributed by atoms with Gasteiger partial charge in [-0.1, -0.05) is 0 Å². The summed E-state index contributed by atoms with van der Waals surface area (Å²) in [5, 5.41) is 3.31. The van der Waals surface area contributed by atoms with Gasteiger partial charge >= 0.3 is 0 Å². The normalized spacial score (nSPS) is 23.8. The highest BCUT2D eigenvalue weighted by atomic mass is 35.5. The maximum atomic E-state index is 12.7. The fourth-order valence-corrected chi connectivity index (χ4v) is 3.06. The minimum Gasteiger partial charge on any atom is -0.497 e. The van der Waals surface area contributed by atoms with Crippen molar-refractivity contribution in [3.8, 4) is 11.5 Å². The van der Waals surface area contributed by atoms with Crippen molar-refractivity contribution in [1.82, 2.24) is 10.2 Å². The lowest BCUT2D eigenvalue weighted by Gasteiger charge is -2.37. The molecule has 22 heavy (non-hydrogen) atoms. The van der Waals surface area contributed by atoms with Crippen LogP contribution in [-0.2, 0) is 11.2 Å². The van der Waals surface area contributed by atoms with Crippen molar-refractivity contribution in [2.45, 2.75) is 19.4 Å². The number of carbonyl (C=O) groups excluding carboxylic acids is 1. The van der Waals surface area contributed by atoms with Gasteiger partial charge in [0.25, 0.3) is 0 Å². The number of halogens is 1. The molecule has 2 atom stereocenters. The number of hydrogen-bond acceptors (Lipinski definition) is 4. The number of rotatable bonds is 2. The molecule has 0 aromatic heterocycles. The van der Waals surface area contributed by atoms with E-state index >= 15 is 0 Å². The Morgan fingerprint density at radius 3 is 3.00 bits per heavy atom. The predicted octanol–water partition coefficient (Wildman–Crippen LogP) is 1.49. The summed E-state index contributed by atoms with van der Waals surface area (Å²) in [7, 11) is 1.65. The zero-order valence-electron chi connectivity index (χ0n) is 13.0. The summed E-state index contributed by atoms with van der Waals surface area (Å²) in [5.74, 6) is 1.79. The van der Waals surface area contributed by atoms with E-state index in [0.717, 1.165) is 43.1 Å². The second kappa shape index (κ2) is 7.20. The van der Waals surface area contributed by atoms with Gasteiger partial charge < -0.3 is 19.7 Å². The first-order chi connectivity index (χ1) is 10.2. The van der Waals surface area contributed by atoms with E-state index in [1.54, 1.807) is 7.11 Å². The molecule has 3 rings (SSSR count). The predicted molar refractivity (Wildman–Crippen MR) is 87.0 cm³/mol. The Morgan fingerprint density at radius 2 is 2.27 bits per heavy atom. The molecule has 0 aliphatic carbocycles. The average Bonchev–Trinajstić information content (AvgIpc) is 2.53. The molecule has 2 heterocycles. The molecular weight excluding hydrogens is 304 g/mol. The molecule has 1 saturated heterocycles. The Balaban J connectivity index is 0.00000176. The van der Waals surface area contributed by atoms with E-state index in [1.807, 2.05) is 23.1 Å². The molecule has 6 heteroatoms. The highest BCUT2D eigenvalue weighted by Crippen LogP contribution is 2.31. The Labute approximate surface area is 137 Å². The molecule has 0 radical (unpaired) electrons. The number of nitrogens with one attached hydrogen (secondary N) is 1. The maximum absolute atomic E-state index is 12.7. The van der Waals surface area contributed by atoms with Crippen LogP contribution in [0.2, 0.25) is 0 Å². The molecule has 122 valence electrons. The standard InChI is InChI=1S/C16H22N2O3.ClH/c1-11-9-17-5-6-18(11)16(19)13-7-12-8-14(20-2)3-4-15(12)21-10-13;/h3-4,8,11,13,17H,5-7,9-10H2,1-2H3;1H/t11-,13?;/m0./s1. The zero-order valence-corrected chi connectivity index (χ0v) is 13.8. The number of hydrogen-bond donors (Lipinski definition) is 1. The fourth-order valence-electron chi connectivity index (χ4n) is 3.06. The monoisotopic (exact) mass is 326 g/mol. The van der Waals surface area contributed by atoms with Crippen LogP contribution >= 0.6 is 12.4 Å². The summed E-state index contributed by atoms with van der Waals surface area (Å²) in [4.78, 5) is 14.7. The van der Waals surface area contributed by atoms with Gasteiger partial charge in [0.05, 0.1) is 13.0 Å². The quantitative estimate of drug-likeness (QED) is 0.894. The van der Waals surface area contributed by atoms with Gasteiger partial charge in [-0.05, 0) is 37.1 Å². The maximum Gasteiger partial charge on any atom is 0.229 e. The number of methoxy groups -OCH3 is 1. The van der Waals surface area contributed by atoms with E-state index in [1.165, 1.54) is 0 Å². The zero-order chi connectivity index (χ0) is 14.8.